The standard InChI is InChI=1S/C28H27O3P/c1-19-10-8-11-20(2)27(19)29-24-16-17-26(32-31-23-14-6-5-7-15-23)25(18-24)30-28-21(3)12-9-13-22(28)4/h5-18,32H,1-4H3. The fourth-order valence-electron chi connectivity index (χ4n) is 3.49. The zero-order valence-electron chi connectivity index (χ0n) is 18.8. The monoisotopic (exact) mass is 442 g/mol. The Bertz CT molecular complexity index is 1180. The summed E-state index contributed by atoms with van der Waals surface area (Å²) < 4.78 is 18.8. The van der Waals surface area contributed by atoms with Gasteiger partial charge in [0.15, 0.2) is 0 Å². The maximum Gasteiger partial charge on any atom is 0.141 e. The quantitative estimate of drug-likeness (QED) is 0.273. The van der Waals surface area contributed by atoms with Crippen molar-refractivity contribution < 1.29 is 14.0 Å². The van der Waals surface area contributed by atoms with Crippen LogP contribution in [0.4, 0.5) is 0 Å². The summed E-state index contributed by atoms with van der Waals surface area (Å²) in [7, 11) is 0.105. The van der Waals surface area contributed by atoms with Gasteiger partial charge in [-0.15, -0.1) is 0 Å². The van der Waals surface area contributed by atoms with Crippen LogP contribution in [0, 0.1) is 27.7 Å². The maximum atomic E-state index is 6.45. The Labute approximate surface area is 191 Å². The molecule has 0 aliphatic carbocycles. The van der Waals surface area contributed by atoms with Crippen molar-refractivity contribution in [3.8, 4) is 28.7 Å². The number of hydrogen-bond acceptors (Lipinski definition) is 3. The van der Waals surface area contributed by atoms with Gasteiger partial charge in [-0.2, -0.15) is 0 Å². The molecule has 0 bridgehead atoms. The third-order valence-electron chi connectivity index (χ3n) is 5.22. The zero-order valence-corrected chi connectivity index (χ0v) is 19.8. The lowest BCUT2D eigenvalue weighted by Gasteiger charge is -2.17. The SMILES string of the molecule is Cc1cccc(C)c1Oc1ccc(POc2ccccc2)c(Oc2c(C)cccc2C)c1. The first kappa shape index (κ1) is 21.9. The van der Waals surface area contributed by atoms with Crippen LogP contribution in [-0.2, 0) is 0 Å². The molecule has 0 aliphatic rings. The van der Waals surface area contributed by atoms with E-state index in [1.807, 2.05) is 60.7 Å². The van der Waals surface area contributed by atoms with Gasteiger partial charge in [0.1, 0.15) is 37.6 Å². The van der Waals surface area contributed by atoms with E-state index in [-0.39, 0.29) is 8.81 Å². The van der Waals surface area contributed by atoms with E-state index in [0.717, 1.165) is 56.3 Å². The molecule has 0 aromatic heterocycles. The van der Waals surface area contributed by atoms with Crippen LogP contribution in [0.2, 0.25) is 0 Å². The topological polar surface area (TPSA) is 27.7 Å². The lowest BCUT2D eigenvalue weighted by atomic mass is 10.1. The first-order valence-electron chi connectivity index (χ1n) is 10.6. The van der Waals surface area contributed by atoms with Crippen LogP contribution in [0.3, 0.4) is 0 Å². The van der Waals surface area contributed by atoms with Crippen LogP contribution in [0.5, 0.6) is 28.7 Å². The molecule has 0 amide bonds. The minimum absolute atomic E-state index is 0.105. The number of para-hydroxylation sites is 3. The van der Waals surface area contributed by atoms with E-state index in [4.69, 9.17) is 14.0 Å². The smallest absolute Gasteiger partial charge is 0.141 e. The van der Waals surface area contributed by atoms with Gasteiger partial charge in [0, 0.05) is 6.07 Å². The highest BCUT2D eigenvalue weighted by molar-refractivity contribution is 7.42. The van der Waals surface area contributed by atoms with E-state index in [2.05, 4.69) is 52.0 Å². The third-order valence-corrected chi connectivity index (χ3v) is 6.20. The molecule has 4 aromatic carbocycles. The summed E-state index contributed by atoms with van der Waals surface area (Å²) in [6.07, 6.45) is 0. The normalized spacial score (nSPS) is 11.0. The average Bonchev–Trinajstić information content (AvgIpc) is 2.79. The van der Waals surface area contributed by atoms with Gasteiger partial charge in [-0.3, -0.25) is 0 Å². The Morgan fingerprint density at radius 3 is 1.69 bits per heavy atom. The van der Waals surface area contributed by atoms with E-state index in [9.17, 15) is 0 Å². The van der Waals surface area contributed by atoms with E-state index in [1.54, 1.807) is 0 Å². The molecule has 4 rings (SSSR count). The van der Waals surface area contributed by atoms with Crippen molar-refractivity contribution in [2.45, 2.75) is 27.7 Å². The lowest BCUT2D eigenvalue weighted by molar-refractivity contribution is 0.455. The molecule has 0 saturated heterocycles. The zero-order chi connectivity index (χ0) is 22.5. The molecule has 3 nitrogen and oxygen atoms in total. The number of ether oxygens (including phenoxy) is 2. The van der Waals surface area contributed by atoms with Gasteiger partial charge in [0.05, 0.1) is 5.30 Å². The fourth-order valence-corrected chi connectivity index (χ4v) is 4.22. The van der Waals surface area contributed by atoms with Crippen LogP contribution in [-0.4, -0.2) is 0 Å². The maximum absolute atomic E-state index is 6.45. The lowest BCUT2D eigenvalue weighted by Crippen LogP contribution is -2.04. The molecule has 1 atom stereocenters. The van der Waals surface area contributed by atoms with Gasteiger partial charge in [0.2, 0.25) is 0 Å². The molecular formula is C28H27O3P. The largest absolute Gasteiger partial charge is 0.472 e. The first-order chi connectivity index (χ1) is 15.5. The van der Waals surface area contributed by atoms with Gasteiger partial charge >= 0.3 is 0 Å². The average molecular weight is 442 g/mol. The Balaban J connectivity index is 1.67. The molecule has 0 spiro atoms. The van der Waals surface area contributed by atoms with Gasteiger partial charge < -0.3 is 14.0 Å². The van der Waals surface area contributed by atoms with Gasteiger partial charge in [-0.25, -0.2) is 0 Å². The van der Waals surface area contributed by atoms with E-state index < -0.39 is 0 Å². The molecular weight excluding hydrogens is 415 g/mol. The molecule has 0 fully saturated rings. The molecule has 4 aromatic rings. The van der Waals surface area contributed by atoms with Gasteiger partial charge in [-0.05, 0) is 74.2 Å². The Morgan fingerprint density at radius 1 is 0.531 bits per heavy atom. The van der Waals surface area contributed by atoms with Crippen molar-refractivity contribution in [2.75, 3.05) is 0 Å². The first-order valence-corrected chi connectivity index (χ1v) is 11.5. The molecule has 1 unspecified atom stereocenters. The molecule has 0 heterocycles. The number of benzene rings is 4. The molecule has 4 heteroatoms. The van der Waals surface area contributed by atoms with Crippen molar-refractivity contribution in [1.82, 2.24) is 0 Å². The summed E-state index contributed by atoms with van der Waals surface area (Å²) in [6.45, 7) is 8.23. The van der Waals surface area contributed by atoms with Gasteiger partial charge in [-0.1, -0.05) is 54.6 Å². The van der Waals surface area contributed by atoms with Crippen molar-refractivity contribution >= 4 is 14.1 Å². The van der Waals surface area contributed by atoms with Crippen LogP contribution in [0.1, 0.15) is 22.3 Å². The van der Waals surface area contributed by atoms with E-state index in [0.29, 0.717) is 0 Å². The summed E-state index contributed by atoms with van der Waals surface area (Å²) in [5.41, 5.74) is 4.37. The highest BCUT2D eigenvalue weighted by atomic mass is 31.1. The summed E-state index contributed by atoms with van der Waals surface area (Å²) in [6, 6.07) is 28.1. The number of hydrogen-bond donors (Lipinski definition) is 0. The highest BCUT2D eigenvalue weighted by Crippen LogP contribution is 2.35. The summed E-state index contributed by atoms with van der Waals surface area (Å²) >= 11 is 0. The minimum atomic E-state index is 0.105. The van der Waals surface area contributed by atoms with Gasteiger partial charge in [0.25, 0.3) is 0 Å². The Kier molecular flexibility index (Phi) is 6.78. The van der Waals surface area contributed by atoms with Crippen LogP contribution >= 0.6 is 8.81 Å². The molecule has 0 N–H and O–H groups in total. The van der Waals surface area contributed by atoms with E-state index in [1.165, 1.54) is 0 Å². The van der Waals surface area contributed by atoms with E-state index >= 15 is 0 Å². The van der Waals surface area contributed by atoms with Crippen molar-refractivity contribution in [3.05, 3.63) is 107 Å². The van der Waals surface area contributed by atoms with Crippen LogP contribution in [0.15, 0.2) is 84.9 Å². The van der Waals surface area contributed by atoms with Crippen LogP contribution < -0.4 is 19.3 Å². The second-order valence-electron chi connectivity index (χ2n) is 7.82. The predicted octanol–water partition coefficient (Wildman–Crippen LogP) is 7.80. The second-order valence-corrected chi connectivity index (χ2v) is 8.77. The molecule has 162 valence electrons. The third kappa shape index (κ3) is 5.12. The molecule has 0 saturated carbocycles. The molecule has 0 radical (unpaired) electrons. The summed E-state index contributed by atoms with van der Waals surface area (Å²) in [4.78, 5) is 0. The number of aryl methyl sites for hydroxylation is 4. The highest BCUT2D eigenvalue weighted by Gasteiger charge is 2.14. The second kappa shape index (κ2) is 9.89. The van der Waals surface area contributed by atoms with Crippen molar-refractivity contribution in [2.24, 2.45) is 0 Å². The predicted molar refractivity (Wildman–Crippen MR) is 133 cm³/mol. The Morgan fingerprint density at radius 2 is 1.09 bits per heavy atom. The minimum Gasteiger partial charge on any atom is -0.472 e. The Hall–Kier alpha value is -3.29. The van der Waals surface area contributed by atoms with Crippen LogP contribution in [0.25, 0.3) is 0 Å². The molecule has 0 aliphatic heterocycles. The van der Waals surface area contributed by atoms with Crippen molar-refractivity contribution in [1.29, 1.82) is 0 Å². The summed E-state index contributed by atoms with van der Waals surface area (Å²) in [5.74, 6) is 4.04. The molecule has 32 heavy (non-hydrogen) atoms. The number of rotatable bonds is 7. The van der Waals surface area contributed by atoms with Crippen molar-refractivity contribution in [3.63, 3.8) is 0 Å². The fraction of sp³-hybridized carbons (Fsp3) is 0.143. The summed E-state index contributed by atoms with van der Waals surface area (Å²) in [5, 5.41) is 0.977.